The molecule has 0 bridgehead atoms. The lowest BCUT2D eigenvalue weighted by Gasteiger charge is -2.09. The molecule has 0 aliphatic carbocycles. The van der Waals surface area contributed by atoms with Gasteiger partial charge in [-0.1, -0.05) is 18.2 Å². The molecule has 3 aromatic rings. The molecule has 0 radical (unpaired) electrons. The highest BCUT2D eigenvalue weighted by atomic mass is 19.4. The summed E-state index contributed by atoms with van der Waals surface area (Å²) in [5.74, 6) is 0.143. The molecular weight excluding hydrogens is 371 g/mol. The zero-order valence-corrected chi connectivity index (χ0v) is 14.7. The molecule has 1 aromatic carbocycles. The van der Waals surface area contributed by atoms with Gasteiger partial charge in [0.1, 0.15) is 0 Å². The van der Waals surface area contributed by atoms with Gasteiger partial charge in [-0.25, -0.2) is 4.98 Å². The van der Waals surface area contributed by atoms with Gasteiger partial charge in [-0.3, -0.25) is 4.79 Å². The predicted molar refractivity (Wildman–Crippen MR) is 94.1 cm³/mol. The molecular formula is C19H16F3N5O. The maximum absolute atomic E-state index is 12.9. The van der Waals surface area contributed by atoms with Gasteiger partial charge in [-0.15, -0.1) is 9.90 Å². The van der Waals surface area contributed by atoms with Crippen LogP contribution in [0.4, 0.5) is 13.2 Å². The Labute approximate surface area is 158 Å². The summed E-state index contributed by atoms with van der Waals surface area (Å²) in [6.07, 6.45) is -1.11. The van der Waals surface area contributed by atoms with Gasteiger partial charge in [0.05, 0.1) is 11.3 Å². The third kappa shape index (κ3) is 3.73. The quantitative estimate of drug-likeness (QED) is 0.750. The van der Waals surface area contributed by atoms with E-state index in [2.05, 4.69) is 20.5 Å². The van der Waals surface area contributed by atoms with Gasteiger partial charge in [0, 0.05) is 12.7 Å². The van der Waals surface area contributed by atoms with Crippen LogP contribution in [0.1, 0.15) is 39.3 Å². The van der Waals surface area contributed by atoms with Crippen LogP contribution in [0, 0.1) is 0 Å². The minimum absolute atomic E-state index is 0.265. The van der Waals surface area contributed by atoms with Crippen LogP contribution in [0.25, 0.3) is 5.82 Å². The summed E-state index contributed by atoms with van der Waals surface area (Å²) in [6, 6.07) is 8.66. The van der Waals surface area contributed by atoms with Crippen molar-refractivity contribution in [3.63, 3.8) is 0 Å². The average Bonchev–Trinajstić information content (AvgIpc) is 3.02. The molecule has 0 fully saturated rings. The lowest BCUT2D eigenvalue weighted by atomic mass is 10.0. The Morgan fingerprint density at radius 3 is 2.75 bits per heavy atom. The number of hydrogen-bond donors (Lipinski definition) is 1. The molecule has 1 aliphatic heterocycles. The fourth-order valence-electron chi connectivity index (χ4n) is 3.10. The molecule has 9 heteroatoms. The van der Waals surface area contributed by atoms with E-state index in [1.165, 1.54) is 10.9 Å². The Bertz CT molecular complexity index is 1030. The summed E-state index contributed by atoms with van der Waals surface area (Å²) in [5.41, 5.74) is 1.52. The summed E-state index contributed by atoms with van der Waals surface area (Å²) in [5, 5.41) is 11.4. The zero-order chi connectivity index (χ0) is 19.7. The number of aryl methyl sites for hydroxylation is 1. The van der Waals surface area contributed by atoms with Crippen molar-refractivity contribution in [2.24, 2.45) is 0 Å². The summed E-state index contributed by atoms with van der Waals surface area (Å²) < 4.78 is 38.7. The van der Waals surface area contributed by atoms with Crippen LogP contribution in [0.3, 0.4) is 0 Å². The number of alkyl halides is 3. The number of carbonyl (C=O) groups is 1. The fraction of sp³-hybridized carbons (Fsp3) is 0.263. The van der Waals surface area contributed by atoms with Crippen molar-refractivity contribution < 1.29 is 18.0 Å². The number of amides is 1. The number of carbonyl (C=O) groups excluding carboxylic acids is 1. The maximum atomic E-state index is 12.9. The Balaban J connectivity index is 1.61. The SMILES string of the molecule is O=C1NCCCc2nn(-c3cc(Cc4cccc(C(F)(F)F)c4)ccn3)nc21. The molecule has 2 aromatic heterocycles. The van der Waals surface area contributed by atoms with Crippen LogP contribution in [-0.4, -0.2) is 32.4 Å². The summed E-state index contributed by atoms with van der Waals surface area (Å²) in [6.45, 7) is 0.585. The van der Waals surface area contributed by atoms with Gasteiger partial charge in [-0.05, 0) is 48.6 Å². The van der Waals surface area contributed by atoms with E-state index in [9.17, 15) is 18.0 Å². The molecule has 1 aliphatic rings. The molecule has 1 amide bonds. The molecule has 28 heavy (non-hydrogen) atoms. The first-order valence-corrected chi connectivity index (χ1v) is 8.76. The van der Waals surface area contributed by atoms with Crippen molar-refractivity contribution in [2.45, 2.75) is 25.4 Å². The first-order chi connectivity index (χ1) is 13.4. The van der Waals surface area contributed by atoms with Crippen LogP contribution < -0.4 is 5.32 Å². The fourth-order valence-corrected chi connectivity index (χ4v) is 3.10. The van der Waals surface area contributed by atoms with E-state index >= 15 is 0 Å². The van der Waals surface area contributed by atoms with E-state index in [4.69, 9.17) is 0 Å². The normalized spacial score (nSPS) is 14.3. The molecule has 1 N–H and O–H groups in total. The van der Waals surface area contributed by atoms with Crippen molar-refractivity contribution in [1.29, 1.82) is 0 Å². The number of nitrogens with zero attached hydrogens (tertiary/aromatic N) is 4. The molecule has 0 saturated carbocycles. The van der Waals surface area contributed by atoms with Gasteiger partial charge in [0.25, 0.3) is 5.91 Å². The number of aromatic nitrogens is 4. The van der Waals surface area contributed by atoms with Gasteiger partial charge in [0.2, 0.25) is 0 Å². The molecule has 0 atom stereocenters. The number of hydrogen-bond acceptors (Lipinski definition) is 4. The highest BCUT2D eigenvalue weighted by molar-refractivity contribution is 5.93. The Morgan fingerprint density at radius 2 is 1.93 bits per heavy atom. The van der Waals surface area contributed by atoms with Gasteiger partial charge in [0.15, 0.2) is 11.5 Å². The standard InChI is InChI=1S/C19H16F3N5O/c20-19(21,22)14-4-1-3-12(10-14)9-13-6-8-23-16(11-13)27-25-15-5-2-7-24-18(28)17(15)26-27/h1,3-4,6,8,10-11H,2,5,7,9H2,(H,24,28). The Hall–Kier alpha value is -3.23. The first-order valence-electron chi connectivity index (χ1n) is 8.76. The van der Waals surface area contributed by atoms with E-state index in [1.807, 2.05) is 0 Å². The lowest BCUT2D eigenvalue weighted by Crippen LogP contribution is -2.23. The lowest BCUT2D eigenvalue weighted by molar-refractivity contribution is -0.137. The number of fused-ring (bicyclic) bond motifs is 1. The second-order valence-corrected chi connectivity index (χ2v) is 6.54. The second-order valence-electron chi connectivity index (χ2n) is 6.54. The first kappa shape index (κ1) is 18.1. The number of pyridine rings is 1. The van der Waals surface area contributed by atoms with Crippen molar-refractivity contribution >= 4 is 5.91 Å². The Morgan fingerprint density at radius 1 is 1.11 bits per heavy atom. The van der Waals surface area contributed by atoms with Crippen molar-refractivity contribution in [3.05, 3.63) is 70.7 Å². The number of halogens is 3. The molecule has 6 nitrogen and oxygen atoms in total. The van der Waals surface area contributed by atoms with E-state index in [-0.39, 0.29) is 11.6 Å². The van der Waals surface area contributed by atoms with Crippen LogP contribution in [-0.2, 0) is 19.0 Å². The second kappa shape index (κ2) is 7.06. The smallest absolute Gasteiger partial charge is 0.351 e. The van der Waals surface area contributed by atoms with Crippen molar-refractivity contribution in [2.75, 3.05) is 6.54 Å². The van der Waals surface area contributed by atoms with E-state index in [0.29, 0.717) is 36.5 Å². The molecule has 0 spiro atoms. The third-order valence-corrected chi connectivity index (χ3v) is 4.45. The summed E-state index contributed by atoms with van der Waals surface area (Å²) in [7, 11) is 0. The summed E-state index contributed by atoms with van der Waals surface area (Å²) in [4.78, 5) is 17.6. The highest BCUT2D eigenvalue weighted by Crippen LogP contribution is 2.30. The van der Waals surface area contributed by atoms with Gasteiger partial charge >= 0.3 is 6.18 Å². The van der Waals surface area contributed by atoms with Crippen LogP contribution in [0.2, 0.25) is 0 Å². The maximum Gasteiger partial charge on any atom is 0.416 e. The van der Waals surface area contributed by atoms with Crippen LogP contribution in [0.5, 0.6) is 0 Å². The van der Waals surface area contributed by atoms with Gasteiger partial charge < -0.3 is 5.32 Å². The summed E-state index contributed by atoms with van der Waals surface area (Å²) >= 11 is 0. The number of rotatable bonds is 3. The van der Waals surface area contributed by atoms with Crippen LogP contribution >= 0.6 is 0 Å². The Kier molecular flexibility index (Phi) is 4.58. The minimum atomic E-state index is -4.38. The molecule has 3 heterocycles. The van der Waals surface area contributed by atoms with Crippen LogP contribution in [0.15, 0.2) is 42.6 Å². The van der Waals surface area contributed by atoms with E-state index < -0.39 is 11.7 Å². The zero-order valence-electron chi connectivity index (χ0n) is 14.7. The molecule has 4 rings (SSSR count). The largest absolute Gasteiger partial charge is 0.416 e. The van der Waals surface area contributed by atoms with Crippen molar-refractivity contribution in [3.8, 4) is 5.82 Å². The highest BCUT2D eigenvalue weighted by Gasteiger charge is 2.30. The minimum Gasteiger partial charge on any atom is -0.351 e. The molecule has 0 unspecified atom stereocenters. The van der Waals surface area contributed by atoms with E-state index in [1.54, 1.807) is 24.4 Å². The predicted octanol–water partition coefficient (Wildman–Crippen LogP) is 2.95. The third-order valence-electron chi connectivity index (χ3n) is 4.45. The van der Waals surface area contributed by atoms with Crippen molar-refractivity contribution in [1.82, 2.24) is 25.3 Å². The average molecular weight is 387 g/mol. The van der Waals surface area contributed by atoms with E-state index in [0.717, 1.165) is 24.1 Å². The number of nitrogens with one attached hydrogen (secondary N) is 1. The number of benzene rings is 1. The monoisotopic (exact) mass is 387 g/mol. The van der Waals surface area contributed by atoms with Gasteiger partial charge in [-0.2, -0.15) is 18.3 Å². The topological polar surface area (TPSA) is 72.7 Å². The molecule has 144 valence electrons. The molecule has 0 saturated heterocycles.